The van der Waals surface area contributed by atoms with Crippen LogP contribution < -0.4 is 0 Å². The molecule has 0 radical (unpaired) electrons. The number of ether oxygens (including phenoxy) is 1. The number of rotatable bonds is 2. The average Bonchev–Trinajstić information content (AvgIpc) is 2.71. The summed E-state index contributed by atoms with van der Waals surface area (Å²) in [7, 11) is 0. The Morgan fingerprint density at radius 3 is 2.14 bits per heavy atom. The zero-order chi connectivity index (χ0) is 15.1. The summed E-state index contributed by atoms with van der Waals surface area (Å²) in [6.07, 6.45) is 1.83. The molecule has 108 valence electrons. The predicted octanol–water partition coefficient (Wildman–Crippen LogP) is 4.03. The highest BCUT2D eigenvalue weighted by Gasteiger charge is 2.44. The third-order valence-corrected chi connectivity index (χ3v) is 3.95. The van der Waals surface area contributed by atoms with Gasteiger partial charge in [-0.2, -0.15) is 0 Å². The van der Waals surface area contributed by atoms with Gasteiger partial charge in [0.1, 0.15) is 0 Å². The monoisotopic (exact) mass is 280 g/mol. The quantitative estimate of drug-likeness (QED) is 0.900. The van der Waals surface area contributed by atoms with Gasteiger partial charge in [0.25, 0.3) is 0 Å². The van der Waals surface area contributed by atoms with Crippen LogP contribution in [0.1, 0.15) is 30.5 Å². The first kappa shape index (κ1) is 14.1. The van der Waals surface area contributed by atoms with Gasteiger partial charge in [0.2, 0.25) is 5.79 Å². The van der Waals surface area contributed by atoms with Gasteiger partial charge in [-0.05, 0) is 38.0 Å². The Hall–Kier alpha value is -1.90. The topological polar surface area (TPSA) is 29.5 Å². The van der Waals surface area contributed by atoms with Gasteiger partial charge in [-0.3, -0.25) is 0 Å². The molecule has 21 heavy (non-hydrogen) atoms. The summed E-state index contributed by atoms with van der Waals surface area (Å²) in [6, 6.07) is 17.8. The molecule has 0 aliphatic carbocycles. The third-order valence-electron chi connectivity index (χ3n) is 3.95. The van der Waals surface area contributed by atoms with Gasteiger partial charge in [0.15, 0.2) is 0 Å². The van der Waals surface area contributed by atoms with Crippen molar-refractivity contribution in [3.8, 4) is 0 Å². The first-order valence-electron chi connectivity index (χ1n) is 7.19. The Kier molecular flexibility index (Phi) is 3.23. The summed E-state index contributed by atoms with van der Waals surface area (Å²) < 4.78 is 5.99. The number of benzene rings is 2. The molecule has 1 N–H and O–H groups in total. The van der Waals surface area contributed by atoms with Gasteiger partial charge in [0.05, 0.1) is 5.60 Å². The van der Waals surface area contributed by atoms with Crippen molar-refractivity contribution in [1.82, 2.24) is 0 Å². The molecule has 0 fully saturated rings. The van der Waals surface area contributed by atoms with E-state index in [9.17, 15) is 5.11 Å². The van der Waals surface area contributed by atoms with Crippen LogP contribution in [0.4, 0.5) is 0 Å². The maximum Gasteiger partial charge on any atom is 0.214 e. The van der Waals surface area contributed by atoms with E-state index < -0.39 is 11.4 Å². The van der Waals surface area contributed by atoms with E-state index in [-0.39, 0.29) is 0 Å². The first-order chi connectivity index (χ1) is 9.91. The maximum absolute atomic E-state index is 10.9. The Labute approximate surface area is 125 Å². The Morgan fingerprint density at radius 2 is 1.52 bits per heavy atom. The van der Waals surface area contributed by atoms with E-state index in [0.29, 0.717) is 0 Å². The Balaban J connectivity index is 2.06. The highest BCUT2D eigenvalue weighted by Crippen LogP contribution is 2.45. The van der Waals surface area contributed by atoms with E-state index in [1.54, 1.807) is 0 Å². The van der Waals surface area contributed by atoms with Gasteiger partial charge < -0.3 is 9.84 Å². The van der Waals surface area contributed by atoms with Crippen molar-refractivity contribution in [3.05, 3.63) is 77.4 Å². The average molecular weight is 280 g/mol. The molecule has 0 saturated heterocycles. The molecular weight excluding hydrogens is 260 g/mol. The van der Waals surface area contributed by atoms with Gasteiger partial charge >= 0.3 is 0 Å². The molecular formula is C19H20O2. The Bertz CT molecular complexity index is 668. The summed E-state index contributed by atoms with van der Waals surface area (Å²) in [5, 5.41) is 10.9. The molecule has 1 aliphatic rings. The minimum Gasteiger partial charge on any atom is -0.359 e. The van der Waals surface area contributed by atoms with Crippen LogP contribution in [-0.4, -0.2) is 10.7 Å². The van der Waals surface area contributed by atoms with Crippen molar-refractivity contribution in [1.29, 1.82) is 0 Å². The van der Waals surface area contributed by atoms with Gasteiger partial charge in [0, 0.05) is 5.56 Å². The second kappa shape index (κ2) is 4.83. The second-order valence-electron chi connectivity index (χ2n) is 6.10. The fourth-order valence-electron chi connectivity index (χ4n) is 2.83. The lowest BCUT2D eigenvalue weighted by atomic mass is 9.91. The molecule has 1 heterocycles. The van der Waals surface area contributed by atoms with Crippen LogP contribution in [0.3, 0.4) is 0 Å². The van der Waals surface area contributed by atoms with E-state index in [0.717, 1.165) is 22.3 Å². The van der Waals surface area contributed by atoms with E-state index in [4.69, 9.17) is 4.74 Å². The number of hydrogen-bond donors (Lipinski definition) is 1. The normalized spacial score (nSPS) is 23.9. The van der Waals surface area contributed by atoms with Crippen molar-refractivity contribution in [3.63, 3.8) is 0 Å². The highest BCUT2D eigenvalue weighted by molar-refractivity contribution is 5.74. The molecule has 0 spiro atoms. The molecule has 2 heteroatoms. The second-order valence-corrected chi connectivity index (χ2v) is 6.10. The molecule has 0 bridgehead atoms. The van der Waals surface area contributed by atoms with Crippen molar-refractivity contribution in [2.45, 2.75) is 32.2 Å². The summed E-state index contributed by atoms with van der Waals surface area (Å²) in [5.41, 5.74) is 3.46. The molecule has 0 aromatic heterocycles. The molecule has 1 aliphatic heterocycles. The van der Waals surface area contributed by atoms with E-state index >= 15 is 0 Å². The largest absolute Gasteiger partial charge is 0.359 e. The van der Waals surface area contributed by atoms with Gasteiger partial charge in [-0.1, -0.05) is 60.2 Å². The van der Waals surface area contributed by atoms with Gasteiger partial charge in [-0.15, -0.1) is 0 Å². The predicted molar refractivity (Wildman–Crippen MR) is 84.7 cm³/mol. The van der Waals surface area contributed by atoms with Crippen LogP contribution in [0.15, 0.2) is 60.7 Å². The standard InChI is InChI=1S/C19H20O2/c1-14-9-11-16(12-10-14)19(20)13-17(18(2,3)21-19)15-7-5-4-6-8-15/h4-13,20H,1-3H3. The minimum atomic E-state index is -1.37. The lowest BCUT2D eigenvalue weighted by Gasteiger charge is -2.28. The van der Waals surface area contributed by atoms with Crippen LogP contribution in [0, 0.1) is 6.92 Å². The van der Waals surface area contributed by atoms with Crippen LogP contribution in [0.25, 0.3) is 5.57 Å². The molecule has 1 unspecified atom stereocenters. The van der Waals surface area contributed by atoms with Crippen molar-refractivity contribution >= 4 is 5.57 Å². The lowest BCUT2D eigenvalue weighted by Crippen LogP contribution is -2.31. The highest BCUT2D eigenvalue weighted by atomic mass is 16.6. The smallest absolute Gasteiger partial charge is 0.214 e. The summed E-state index contributed by atoms with van der Waals surface area (Å²) >= 11 is 0. The van der Waals surface area contributed by atoms with Crippen LogP contribution in [-0.2, 0) is 10.5 Å². The molecule has 0 amide bonds. The minimum absolute atomic E-state index is 0.541. The zero-order valence-electron chi connectivity index (χ0n) is 12.6. The molecule has 2 aromatic rings. The fraction of sp³-hybridized carbons (Fsp3) is 0.263. The SMILES string of the molecule is Cc1ccc(C2(O)C=C(c3ccccc3)C(C)(C)O2)cc1. The number of hydrogen-bond acceptors (Lipinski definition) is 2. The van der Waals surface area contributed by atoms with Crippen LogP contribution in [0.5, 0.6) is 0 Å². The third kappa shape index (κ3) is 2.53. The molecule has 2 aromatic carbocycles. The fourth-order valence-corrected chi connectivity index (χ4v) is 2.83. The maximum atomic E-state index is 10.9. The van der Waals surface area contributed by atoms with Crippen molar-refractivity contribution in [2.24, 2.45) is 0 Å². The van der Waals surface area contributed by atoms with E-state index in [2.05, 4.69) is 0 Å². The van der Waals surface area contributed by atoms with Crippen LogP contribution in [0.2, 0.25) is 0 Å². The van der Waals surface area contributed by atoms with E-state index in [1.807, 2.05) is 81.4 Å². The molecule has 3 rings (SSSR count). The first-order valence-corrected chi connectivity index (χ1v) is 7.19. The van der Waals surface area contributed by atoms with Crippen molar-refractivity contribution in [2.75, 3.05) is 0 Å². The summed E-state index contributed by atoms with van der Waals surface area (Å²) in [4.78, 5) is 0. The number of aliphatic hydroxyl groups is 1. The summed E-state index contributed by atoms with van der Waals surface area (Å²) in [6.45, 7) is 5.99. The molecule has 1 atom stereocenters. The Morgan fingerprint density at radius 1 is 0.905 bits per heavy atom. The van der Waals surface area contributed by atoms with E-state index in [1.165, 1.54) is 0 Å². The van der Waals surface area contributed by atoms with Gasteiger partial charge in [-0.25, -0.2) is 0 Å². The zero-order valence-corrected chi connectivity index (χ0v) is 12.6. The molecule has 0 saturated carbocycles. The number of aryl methyl sites for hydroxylation is 1. The summed E-state index contributed by atoms with van der Waals surface area (Å²) in [5.74, 6) is -1.37. The van der Waals surface area contributed by atoms with Crippen LogP contribution >= 0.6 is 0 Å². The molecule has 2 nitrogen and oxygen atoms in total. The van der Waals surface area contributed by atoms with Crippen molar-refractivity contribution < 1.29 is 9.84 Å². The lowest BCUT2D eigenvalue weighted by molar-refractivity contribution is -0.203.